The van der Waals surface area contributed by atoms with Crippen molar-refractivity contribution in [1.29, 1.82) is 0 Å². The number of primary amides is 1. The Balaban J connectivity index is 3.36. The Labute approximate surface area is 133 Å². The highest BCUT2D eigenvalue weighted by Crippen LogP contribution is 2.29. The van der Waals surface area contributed by atoms with Crippen LogP contribution in [0.4, 0.5) is 11.4 Å². The normalized spacial score (nSPS) is 10.3. The number of hydrogen-bond donors (Lipinski definition) is 1. The second-order valence-corrected chi connectivity index (χ2v) is 5.73. The number of benzene rings is 1. The minimum absolute atomic E-state index is 0.0651. The molecule has 0 heterocycles. The lowest BCUT2D eigenvalue weighted by atomic mass is 10.1. The maximum atomic E-state index is 11.4. The summed E-state index contributed by atoms with van der Waals surface area (Å²) in [5, 5.41) is 12.5. The molecule has 8 heteroatoms. The zero-order valence-electron chi connectivity index (χ0n) is 10.9. The first kappa shape index (κ1) is 16.9. The maximum absolute atomic E-state index is 11.4. The number of halogens is 2. The van der Waals surface area contributed by atoms with Crippen LogP contribution in [-0.2, 0) is 0 Å². The maximum Gasteiger partial charge on any atom is 0.282 e. The molecule has 0 aromatic heterocycles. The summed E-state index contributed by atoms with van der Waals surface area (Å²) in [5.74, 6) is -0.796. The van der Waals surface area contributed by atoms with Crippen LogP contribution in [0.5, 0.6) is 0 Å². The van der Waals surface area contributed by atoms with E-state index in [1.54, 1.807) is 6.92 Å². The van der Waals surface area contributed by atoms with Crippen LogP contribution in [0.1, 0.15) is 15.9 Å². The van der Waals surface area contributed by atoms with Crippen molar-refractivity contribution in [2.24, 2.45) is 5.73 Å². The predicted molar refractivity (Wildman–Crippen MR) is 86.2 cm³/mol. The summed E-state index contributed by atoms with van der Waals surface area (Å²) in [7, 11) is 0. The molecule has 0 atom stereocenters. The van der Waals surface area contributed by atoms with Crippen molar-refractivity contribution < 1.29 is 9.72 Å². The number of carbonyl (C=O) groups is 1. The SMILES string of the molecule is Cc1cc([N+](=O)[O-])c(C(N)=O)cc1N(CCBr)CCBr. The minimum Gasteiger partial charge on any atom is -0.370 e. The fraction of sp³-hybridized carbons (Fsp3) is 0.417. The first-order valence-corrected chi connectivity index (χ1v) is 8.12. The summed E-state index contributed by atoms with van der Waals surface area (Å²) in [4.78, 5) is 23.8. The van der Waals surface area contributed by atoms with Crippen molar-refractivity contribution >= 4 is 49.1 Å². The van der Waals surface area contributed by atoms with Crippen LogP contribution in [0.3, 0.4) is 0 Å². The van der Waals surface area contributed by atoms with Crippen LogP contribution in [0.25, 0.3) is 0 Å². The number of aryl methyl sites for hydroxylation is 1. The second kappa shape index (κ2) is 7.58. The summed E-state index contributed by atoms with van der Waals surface area (Å²) >= 11 is 6.74. The first-order chi connectivity index (χ1) is 9.42. The standard InChI is InChI=1S/C12H15Br2N3O3/c1-8-6-11(17(19)20)9(12(15)18)7-10(8)16(4-2-13)5-3-14/h6-7H,2-5H2,1H3,(H2,15,18). The van der Waals surface area contributed by atoms with Gasteiger partial charge in [-0.05, 0) is 18.6 Å². The number of nitrogens with zero attached hydrogens (tertiary/aromatic N) is 2. The number of amides is 1. The number of nitro groups is 1. The van der Waals surface area contributed by atoms with Gasteiger partial charge in [0.15, 0.2) is 0 Å². The van der Waals surface area contributed by atoms with Crippen LogP contribution in [0.2, 0.25) is 0 Å². The van der Waals surface area contributed by atoms with Crippen molar-refractivity contribution in [2.45, 2.75) is 6.92 Å². The third-order valence-corrected chi connectivity index (χ3v) is 3.54. The highest BCUT2D eigenvalue weighted by molar-refractivity contribution is 9.09. The van der Waals surface area contributed by atoms with Gasteiger partial charge in [0.25, 0.3) is 11.6 Å². The zero-order chi connectivity index (χ0) is 15.3. The minimum atomic E-state index is -0.796. The molecule has 0 unspecified atom stereocenters. The number of carbonyl (C=O) groups excluding carboxylic acids is 1. The highest BCUT2D eigenvalue weighted by atomic mass is 79.9. The van der Waals surface area contributed by atoms with Gasteiger partial charge in [0.05, 0.1) is 4.92 Å². The Hall–Kier alpha value is -1.15. The van der Waals surface area contributed by atoms with Crippen molar-refractivity contribution in [3.8, 4) is 0 Å². The van der Waals surface area contributed by atoms with Crippen molar-refractivity contribution in [2.75, 3.05) is 28.6 Å². The number of anilines is 1. The second-order valence-electron chi connectivity index (χ2n) is 4.14. The molecule has 0 spiro atoms. The number of nitro benzene ring substituents is 1. The largest absolute Gasteiger partial charge is 0.370 e. The van der Waals surface area contributed by atoms with E-state index in [0.29, 0.717) is 0 Å². The molecule has 110 valence electrons. The van der Waals surface area contributed by atoms with Crippen molar-refractivity contribution in [1.82, 2.24) is 0 Å². The molecule has 0 radical (unpaired) electrons. The van der Waals surface area contributed by atoms with Crippen LogP contribution in [0.15, 0.2) is 12.1 Å². The fourth-order valence-corrected chi connectivity index (χ4v) is 2.78. The molecule has 1 amide bonds. The first-order valence-electron chi connectivity index (χ1n) is 5.88. The lowest BCUT2D eigenvalue weighted by Crippen LogP contribution is -2.28. The molecule has 1 aromatic rings. The van der Waals surface area contributed by atoms with Crippen LogP contribution in [0, 0.1) is 17.0 Å². The smallest absolute Gasteiger partial charge is 0.282 e. The topological polar surface area (TPSA) is 89.5 Å². The molecular weight excluding hydrogens is 394 g/mol. The van der Waals surface area contributed by atoms with Gasteiger partial charge in [-0.2, -0.15) is 0 Å². The quantitative estimate of drug-likeness (QED) is 0.426. The molecule has 0 aliphatic heterocycles. The number of rotatable bonds is 7. The molecule has 0 saturated carbocycles. The summed E-state index contributed by atoms with van der Waals surface area (Å²) in [6.07, 6.45) is 0. The lowest BCUT2D eigenvalue weighted by Gasteiger charge is -2.25. The molecule has 20 heavy (non-hydrogen) atoms. The Morgan fingerprint density at radius 2 is 1.90 bits per heavy atom. The van der Waals surface area contributed by atoms with E-state index < -0.39 is 10.8 Å². The number of hydrogen-bond acceptors (Lipinski definition) is 4. The van der Waals surface area contributed by atoms with Gasteiger partial charge in [-0.25, -0.2) is 0 Å². The summed E-state index contributed by atoms with van der Waals surface area (Å²) in [5.41, 5.74) is 6.44. The molecule has 0 bridgehead atoms. The van der Waals surface area contributed by atoms with Gasteiger partial charge in [-0.1, -0.05) is 31.9 Å². The molecule has 0 saturated heterocycles. The van der Waals surface area contributed by atoms with Crippen molar-refractivity contribution in [3.05, 3.63) is 33.4 Å². The summed E-state index contributed by atoms with van der Waals surface area (Å²) < 4.78 is 0. The van der Waals surface area contributed by atoms with Gasteiger partial charge in [-0.3, -0.25) is 14.9 Å². The highest BCUT2D eigenvalue weighted by Gasteiger charge is 2.22. The molecule has 1 rings (SSSR count). The van der Waals surface area contributed by atoms with E-state index in [1.165, 1.54) is 12.1 Å². The van der Waals surface area contributed by atoms with E-state index in [9.17, 15) is 14.9 Å². The Morgan fingerprint density at radius 3 is 2.30 bits per heavy atom. The number of nitrogens with two attached hydrogens (primary N) is 1. The van der Waals surface area contributed by atoms with Gasteiger partial charge < -0.3 is 10.6 Å². The number of alkyl halides is 2. The van der Waals surface area contributed by atoms with Crippen LogP contribution in [-0.4, -0.2) is 34.6 Å². The lowest BCUT2D eigenvalue weighted by molar-refractivity contribution is -0.385. The van der Waals surface area contributed by atoms with E-state index in [4.69, 9.17) is 5.73 Å². The van der Waals surface area contributed by atoms with Gasteiger partial charge in [-0.15, -0.1) is 0 Å². The fourth-order valence-electron chi connectivity index (χ4n) is 1.93. The van der Waals surface area contributed by atoms with Crippen LogP contribution < -0.4 is 10.6 Å². The Kier molecular flexibility index (Phi) is 6.41. The third kappa shape index (κ3) is 3.92. The van der Waals surface area contributed by atoms with E-state index in [0.717, 1.165) is 35.0 Å². The van der Waals surface area contributed by atoms with E-state index in [1.807, 2.05) is 4.90 Å². The van der Waals surface area contributed by atoms with E-state index >= 15 is 0 Å². The van der Waals surface area contributed by atoms with Gasteiger partial charge in [0.2, 0.25) is 0 Å². The Bertz CT molecular complexity index is 517. The third-order valence-electron chi connectivity index (χ3n) is 2.83. The molecule has 0 aliphatic carbocycles. The molecule has 6 nitrogen and oxygen atoms in total. The van der Waals surface area contributed by atoms with E-state index in [-0.39, 0.29) is 11.3 Å². The molecule has 1 aromatic carbocycles. The van der Waals surface area contributed by atoms with Crippen molar-refractivity contribution in [3.63, 3.8) is 0 Å². The van der Waals surface area contributed by atoms with Gasteiger partial charge >= 0.3 is 0 Å². The average Bonchev–Trinajstić information content (AvgIpc) is 2.37. The predicted octanol–water partition coefficient (Wildman–Crippen LogP) is 2.60. The zero-order valence-corrected chi connectivity index (χ0v) is 14.1. The molecule has 0 aliphatic rings. The molecule has 2 N–H and O–H groups in total. The van der Waals surface area contributed by atoms with E-state index in [2.05, 4.69) is 31.9 Å². The summed E-state index contributed by atoms with van der Waals surface area (Å²) in [6.45, 7) is 3.23. The van der Waals surface area contributed by atoms with Crippen LogP contribution >= 0.6 is 31.9 Å². The molecule has 0 fully saturated rings. The van der Waals surface area contributed by atoms with Gasteiger partial charge in [0, 0.05) is 35.5 Å². The summed E-state index contributed by atoms with van der Waals surface area (Å²) in [6, 6.07) is 2.89. The Morgan fingerprint density at radius 1 is 1.35 bits per heavy atom. The monoisotopic (exact) mass is 407 g/mol. The van der Waals surface area contributed by atoms with Gasteiger partial charge in [0.1, 0.15) is 5.56 Å². The average molecular weight is 409 g/mol. The molecular formula is C12H15Br2N3O3.